The first-order valence-electron chi connectivity index (χ1n) is 8.49. The number of likely N-dealkylation sites (tertiary alicyclic amines) is 1. The highest BCUT2D eigenvalue weighted by Crippen LogP contribution is 2.36. The zero-order chi connectivity index (χ0) is 14.9. The topological polar surface area (TPSA) is 54.7 Å². The summed E-state index contributed by atoms with van der Waals surface area (Å²) < 4.78 is 11.3. The van der Waals surface area contributed by atoms with Crippen LogP contribution in [-0.2, 0) is 16.1 Å². The van der Waals surface area contributed by atoms with Crippen LogP contribution in [0.3, 0.4) is 0 Å². The Balaban J connectivity index is 1.29. The van der Waals surface area contributed by atoms with E-state index < -0.39 is 0 Å². The zero-order valence-electron chi connectivity index (χ0n) is 12.9. The van der Waals surface area contributed by atoms with Crippen LogP contribution in [-0.4, -0.2) is 42.1 Å². The van der Waals surface area contributed by atoms with E-state index in [0.717, 1.165) is 24.8 Å². The van der Waals surface area contributed by atoms with Gasteiger partial charge in [-0.1, -0.05) is 6.42 Å². The first kappa shape index (κ1) is 14.3. The fraction of sp³-hybridized carbons (Fsp3) is 0.706. The van der Waals surface area contributed by atoms with Crippen LogP contribution in [0.15, 0.2) is 22.8 Å². The molecule has 22 heavy (non-hydrogen) atoms. The quantitative estimate of drug-likeness (QED) is 0.923. The number of ether oxygens (including phenoxy) is 1. The van der Waals surface area contributed by atoms with Crippen LogP contribution in [0.2, 0.25) is 0 Å². The number of nitrogens with one attached hydrogen (secondary N) is 1. The lowest BCUT2D eigenvalue weighted by Crippen LogP contribution is -2.49. The van der Waals surface area contributed by atoms with Gasteiger partial charge < -0.3 is 14.5 Å². The lowest BCUT2D eigenvalue weighted by atomic mass is 9.86. The molecule has 2 aliphatic heterocycles. The van der Waals surface area contributed by atoms with Crippen molar-refractivity contribution in [3.63, 3.8) is 0 Å². The molecule has 3 heterocycles. The second kappa shape index (κ2) is 6.05. The highest BCUT2D eigenvalue weighted by Gasteiger charge is 2.43. The second-order valence-corrected chi connectivity index (χ2v) is 6.82. The summed E-state index contributed by atoms with van der Waals surface area (Å²) in [5, 5.41) is 2.92. The number of hydrogen-bond acceptors (Lipinski definition) is 4. The Morgan fingerprint density at radius 3 is 3.00 bits per heavy atom. The molecule has 0 bridgehead atoms. The molecule has 120 valence electrons. The number of piperidine rings is 1. The third-order valence-electron chi connectivity index (χ3n) is 5.48. The summed E-state index contributed by atoms with van der Waals surface area (Å²) >= 11 is 0. The summed E-state index contributed by atoms with van der Waals surface area (Å²) in [7, 11) is 0. The summed E-state index contributed by atoms with van der Waals surface area (Å²) in [5.41, 5.74) is 0. The zero-order valence-corrected chi connectivity index (χ0v) is 12.9. The monoisotopic (exact) mass is 304 g/mol. The van der Waals surface area contributed by atoms with Crippen LogP contribution in [0, 0.1) is 5.92 Å². The highest BCUT2D eigenvalue weighted by atomic mass is 16.5. The van der Waals surface area contributed by atoms with E-state index in [2.05, 4.69) is 10.2 Å². The Bertz CT molecular complexity index is 512. The third-order valence-corrected chi connectivity index (χ3v) is 5.48. The average molecular weight is 304 g/mol. The number of furan rings is 1. The molecule has 0 aromatic carbocycles. The minimum Gasteiger partial charge on any atom is -0.467 e. The molecule has 0 spiro atoms. The average Bonchev–Trinajstić information content (AvgIpc) is 3.11. The molecule has 1 N–H and O–H groups in total. The Labute approximate surface area is 131 Å². The van der Waals surface area contributed by atoms with E-state index in [1.807, 2.05) is 12.1 Å². The summed E-state index contributed by atoms with van der Waals surface area (Å²) in [6.45, 7) is 2.63. The van der Waals surface area contributed by atoms with Crippen molar-refractivity contribution in [2.75, 3.05) is 13.1 Å². The summed E-state index contributed by atoms with van der Waals surface area (Å²) in [6.07, 6.45) is 7.66. The number of rotatable bonds is 4. The summed E-state index contributed by atoms with van der Waals surface area (Å²) in [5.74, 6) is 1.33. The molecular weight excluding hydrogens is 280 g/mol. The van der Waals surface area contributed by atoms with Crippen molar-refractivity contribution in [2.24, 2.45) is 5.92 Å². The van der Waals surface area contributed by atoms with E-state index >= 15 is 0 Å². The largest absolute Gasteiger partial charge is 0.467 e. The maximum Gasteiger partial charge on any atom is 0.249 e. The minimum absolute atomic E-state index is 0.000921. The first-order valence-corrected chi connectivity index (χ1v) is 8.49. The van der Waals surface area contributed by atoms with Crippen LogP contribution < -0.4 is 5.32 Å². The summed E-state index contributed by atoms with van der Waals surface area (Å²) in [4.78, 5) is 14.9. The molecule has 1 amide bonds. The van der Waals surface area contributed by atoms with Gasteiger partial charge in [0.25, 0.3) is 0 Å². The molecular formula is C17H24N2O3. The van der Waals surface area contributed by atoms with E-state index in [0.29, 0.717) is 12.5 Å². The molecule has 1 aromatic heterocycles. The van der Waals surface area contributed by atoms with Crippen LogP contribution in [0.25, 0.3) is 0 Å². The highest BCUT2D eigenvalue weighted by molar-refractivity contribution is 5.81. The number of nitrogens with zero attached hydrogens (tertiary/aromatic N) is 1. The molecule has 1 aromatic rings. The number of hydrogen-bond donors (Lipinski definition) is 1. The molecule has 3 atom stereocenters. The minimum atomic E-state index is -0.286. The van der Waals surface area contributed by atoms with Crippen LogP contribution in [0.5, 0.6) is 0 Å². The van der Waals surface area contributed by atoms with Crippen molar-refractivity contribution >= 4 is 5.91 Å². The fourth-order valence-electron chi connectivity index (χ4n) is 3.91. The van der Waals surface area contributed by atoms with E-state index in [-0.39, 0.29) is 18.1 Å². The number of carbonyl (C=O) groups is 1. The van der Waals surface area contributed by atoms with Gasteiger partial charge >= 0.3 is 0 Å². The van der Waals surface area contributed by atoms with E-state index in [1.54, 1.807) is 6.26 Å². The van der Waals surface area contributed by atoms with Crippen LogP contribution >= 0.6 is 0 Å². The molecule has 5 heteroatoms. The molecule has 0 radical (unpaired) electrons. The van der Waals surface area contributed by atoms with Gasteiger partial charge in [0.2, 0.25) is 5.91 Å². The molecule has 1 aliphatic carbocycles. The second-order valence-electron chi connectivity index (χ2n) is 6.82. The standard InChI is InChI=1S/C17H24N2O3/c20-17(18-10-14-5-2-8-21-14)15-9-12-6-7-19(11-16(12)22-15)13-3-1-4-13/h2,5,8,12-13,15-16H,1,3-4,6-7,9-11H2,(H,18,20)/t12-,15+,16+/m1/s1. The van der Waals surface area contributed by atoms with Crippen molar-refractivity contribution in [1.82, 2.24) is 10.2 Å². The lowest BCUT2D eigenvalue weighted by Gasteiger charge is -2.43. The molecule has 2 saturated heterocycles. The predicted molar refractivity (Wildman–Crippen MR) is 81.2 cm³/mol. The molecule has 0 unspecified atom stereocenters. The number of fused-ring (bicyclic) bond motifs is 1. The Morgan fingerprint density at radius 1 is 1.36 bits per heavy atom. The molecule has 3 aliphatic rings. The molecule has 5 nitrogen and oxygen atoms in total. The predicted octanol–water partition coefficient (Wildman–Crippen LogP) is 1.93. The normalized spacial score (nSPS) is 32.5. The Kier molecular flexibility index (Phi) is 3.92. The van der Waals surface area contributed by atoms with E-state index in [4.69, 9.17) is 9.15 Å². The third kappa shape index (κ3) is 2.79. The van der Waals surface area contributed by atoms with Crippen LogP contribution in [0.4, 0.5) is 0 Å². The molecule has 4 rings (SSSR count). The van der Waals surface area contributed by atoms with Gasteiger partial charge in [-0.05, 0) is 50.3 Å². The SMILES string of the molecule is O=C(NCc1ccco1)[C@@H]1C[C@H]2CCN(C3CCC3)C[C@@H]2O1. The van der Waals surface area contributed by atoms with Crippen molar-refractivity contribution < 1.29 is 13.9 Å². The molecule has 1 saturated carbocycles. The van der Waals surface area contributed by atoms with Gasteiger partial charge in [-0.2, -0.15) is 0 Å². The van der Waals surface area contributed by atoms with Crippen LogP contribution in [0.1, 0.15) is 37.9 Å². The Morgan fingerprint density at radius 2 is 2.27 bits per heavy atom. The number of carbonyl (C=O) groups excluding carboxylic acids is 1. The van der Waals surface area contributed by atoms with Crippen molar-refractivity contribution in [1.29, 1.82) is 0 Å². The lowest BCUT2D eigenvalue weighted by molar-refractivity contribution is -0.133. The van der Waals surface area contributed by atoms with Gasteiger partial charge in [0.15, 0.2) is 0 Å². The van der Waals surface area contributed by atoms with Crippen molar-refractivity contribution in [2.45, 2.75) is 56.9 Å². The van der Waals surface area contributed by atoms with Crippen molar-refractivity contribution in [3.8, 4) is 0 Å². The first-order chi connectivity index (χ1) is 10.8. The van der Waals surface area contributed by atoms with Gasteiger partial charge in [-0.25, -0.2) is 0 Å². The van der Waals surface area contributed by atoms with E-state index in [9.17, 15) is 4.79 Å². The summed E-state index contributed by atoms with van der Waals surface area (Å²) in [6, 6.07) is 4.47. The smallest absolute Gasteiger partial charge is 0.249 e. The van der Waals surface area contributed by atoms with Gasteiger partial charge in [0.05, 0.1) is 18.9 Å². The maximum atomic E-state index is 12.3. The van der Waals surface area contributed by atoms with Gasteiger partial charge in [0, 0.05) is 12.6 Å². The van der Waals surface area contributed by atoms with Gasteiger partial charge in [-0.15, -0.1) is 0 Å². The van der Waals surface area contributed by atoms with Gasteiger partial charge in [-0.3, -0.25) is 9.69 Å². The fourth-order valence-corrected chi connectivity index (χ4v) is 3.91. The van der Waals surface area contributed by atoms with E-state index in [1.165, 1.54) is 32.2 Å². The maximum absolute atomic E-state index is 12.3. The van der Waals surface area contributed by atoms with Crippen molar-refractivity contribution in [3.05, 3.63) is 24.2 Å². The molecule has 3 fully saturated rings. The number of amides is 1. The Hall–Kier alpha value is -1.33. The van der Waals surface area contributed by atoms with Gasteiger partial charge in [0.1, 0.15) is 11.9 Å².